The Morgan fingerprint density at radius 1 is 1.22 bits per heavy atom. The topological polar surface area (TPSA) is 71.0 Å². The number of hydrogen-bond donors (Lipinski definition) is 1. The molecule has 6 nitrogen and oxygen atoms in total. The van der Waals surface area contributed by atoms with Gasteiger partial charge in [-0.3, -0.25) is 9.78 Å². The summed E-state index contributed by atoms with van der Waals surface area (Å²) in [5.41, 5.74) is 2.37. The Balaban J connectivity index is 1.41. The van der Waals surface area contributed by atoms with Crippen LogP contribution in [0.1, 0.15) is 29.0 Å². The maximum atomic E-state index is 12.5. The summed E-state index contributed by atoms with van der Waals surface area (Å²) in [6, 6.07) is 5.84. The molecular formula is C20H23N5OS. The first-order chi connectivity index (χ1) is 13.2. The lowest BCUT2D eigenvalue weighted by Crippen LogP contribution is -2.34. The molecule has 0 bridgehead atoms. The summed E-state index contributed by atoms with van der Waals surface area (Å²) in [4.78, 5) is 29.9. The predicted octanol–water partition coefficient (Wildman–Crippen LogP) is 3.08. The minimum absolute atomic E-state index is 0.0433. The molecule has 1 aliphatic carbocycles. The molecule has 0 fully saturated rings. The third-order valence-electron chi connectivity index (χ3n) is 5.01. The monoisotopic (exact) mass is 381 g/mol. The van der Waals surface area contributed by atoms with Gasteiger partial charge in [0.25, 0.3) is 0 Å². The number of carbonyl (C=O) groups is 1. The molecule has 0 saturated heterocycles. The first-order valence-corrected chi connectivity index (χ1v) is 10.2. The van der Waals surface area contributed by atoms with Gasteiger partial charge in [-0.05, 0) is 43.4 Å². The molecule has 3 aromatic heterocycles. The molecule has 1 amide bonds. The minimum atomic E-state index is 0.0433. The normalized spacial score (nSPS) is 13.4. The summed E-state index contributed by atoms with van der Waals surface area (Å²) in [5.74, 6) is 0.827. The van der Waals surface area contributed by atoms with Crippen LogP contribution in [0.4, 0.5) is 5.82 Å². The molecule has 4 rings (SSSR count). The van der Waals surface area contributed by atoms with Crippen LogP contribution in [0, 0.1) is 0 Å². The molecule has 0 spiro atoms. The van der Waals surface area contributed by atoms with Crippen LogP contribution in [0.15, 0.2) is 30.7 Å². The van der Waals surface area contributed by atoms with Gasteiger partial charge in [-0.15, -0.1) is 11.3 Å². The molecule has 3 aromatic rings. The number of aryl methyl sites for hydroxylation is 2. The maximum Gasteiger partial charge on any atom is 0.241 e. The Morgan fingerprint density at radius 3 is 2.96 bits per heavy atom. The van der Waals surface area contributed by atoms with Crippen molar-refractivity contribution in [3.8, 4) is 0 Å². The molecule has 1 aliphatic rings. The first kappa shape index (κ1) is 17.9. The zero-order valence-corrected chi connectivity index (χ0v) is 16.3. The van der Waals surface area contributed by atoms with Gasteiger partial charge in [0.15, 0.2) is 0 Å². The van der Waals surface area contributed by atoms with E-state index in [1.54, 1.807) is 28.8 Å². The average Bonchev–Trinajstić information content (AvgIpc) is 3.10. The fourth-order valence-corrected chi connectivity index (χ4v) is 4.70. The van der Waals surface area contributed by atoms with E-state index in [9.17, 15) is 4.79 Å². The number of amides is 1. The molecule has 0 unspecified atom stereocenters. The molecule has 27 heavy (non-hydrogen) atoms. The second-order valence-corrected chi connectivity index (χ2v) is 7.94. The molecular weight excluding hydrogens is 358 g/mol. The lowest BCUT2D eigenvalue weighted by molar-refractivity contribution is -0.128. The van der Waals surface area contributed by atoms with Crippen molar-refractivity contribution in [1.29, 1.82) is 0 Å². The van der Waals surface area contributed by atoms with Crippen molar-refractivity contribution in [3.05, 3.63) is 46.9 Å². The summed E-state index contributed by atoms with van der Waals surface area (Å²) in [6.07, 6.45) is 8.78. The molecule has 0 radical (unpaired) electrons. The Morgan fingerprint density at radius 2 is 2.11 bits per heavy atom. The van der Waals surface area contributed by atoms with Gasteiger partial charge in [-0.2, -0.15) is 0 Å². The van der Waals surface area contributed by atoms with Gasteiger partial charge in [0.2, 0.25) is 5.91 Å². The van der Waals surface area contributed by atoms with Crippen molar-refractivity contribution >= 4 is 33.3 Å². The van der Waals surface area contributed by atoms with E-state index in [4.69, 9.17) is 0 Å². The third kappa shape index (κ3) is 3.93. The molecule has 0 atom stereocenters. The van der Waals surface area contributed by atoms with Gasteiger partial charge in [-0.1, -0.05) is 6.07 Å². The van der Waals surface area contributed by atoms with Gasteiger partial charge in [0.05, 0.1) is 11.9 Å². The highest BCUT2D eigenvalue weighted by atomic mass is 32.1. The summed E-state index contributed by atoms with van der Waals surface area (Å²) in [7, 11) is 1.83. The van der Waals surface area contributed by atoms with E-state index in [2.05, 4.69) is 20.3 Å². The van der Waals surface area contributed by atoms with Crippen molar-refractivity contribution < 1.29 is 4.79 Å². The van der Waals surface area contributed by atoms with Crippen LogP contribution in [0.25, 0.3) is 10.2 Å². The number of likely N-dealkylation sites (N-methyl/N-ethyl adjacent to an activating group) is 1. The molecule has 140 valence electrons. The largest absolute Gasteiger partial charge is 0.360 e. The van der Waals surface area contributed by atoms with Crippen molar-refractivity contribution in [2.75, 3.05) is 25.5 Å². The number of hydrogen-bond acceptors (Lipinski definition) is 6. The highest BCUT2D eigenvalue weighted by Gasteiger charge is 2.20. The number of nitrogens with zero attached hydrogens (tertiary/aromatic N) is 4. The van der Waals surface area contributed by atoms with Crippen LogP contribution < -0.4 is 5.32 Å². The summed E-state index contributed by atoms with van der Waals surface area (Å²) >= 11 is 1.77. The van der Waals surface area contributed by atoms with E-state index in [0.29, 0.717) is 6.54 Å². The van der Waals surface area contributed by atoms with Crippen LogP contribution in [-0.4, -0.2) is 45.9 Å². The number of pyridine rings is 1. The number of anilines is 1. The van der Waals surface area contributed by atoms with E-state index < -0.39 is 0 Å². The van der Waals surface area contributed by atoms with Crippen LogP contribution in [-0.2, 0) is 24.1 Å². The van der Waals surface area contributed by atoms with Crippen molar-refractivity contribution in [1.82, 2.24) is 19.9 Å². The number of rotatable bonds is 6. The lowest BCUT2D eigenvalue weighted by Gasteiger charge is -2.18. The lowest BCUT2D eigenvalue weighted by atomic mass is 9.97. The predicted molar refractivity (Wildman–Crippen MR) is 108 cm³/mol. The quantitative estimate of drug-likeness (QED) is 0.710. The van der Waals surface area contributed by atoms with Crippen molar-refractivity contribution in [2.45, 2.75) is 32.1 Å². The third-order valence-corrected chi connectivity index (χ3v) is 6.21. The molecule has 0 aromatic carbocycles. The fourth-order valence-electron chi connectivity index (χ4n) is 3.47. The fraction of sp³-hybridized carbons (Fsp3) is 0.400. The van der Waals surface area contributed by atoms with Crippen LogP contribution >= 0.6 is 11.3 Å². The second-order valence-electron chi connectivity index (χ2n) is 6.85. The molecule has 0 aliphatic heterocycles. The highest BCUT2D eigenvalue weighted by molar-refractivity contribution is 7.19. The Bertz CT molecular complexity index is 940. The van der Waals surface area contributed by atoms with E-state index in [-0.39, 0.29) is 12.5 Å². The van der Waals surface area contributed by atoms with Crippen molar-refractivity contribution in [3.63, 3.8) is 0 Å². The van der Waals surface area contributed by atoms with Gasteiger partial charge in [0.1, 0.15) is 17.0 Å². The SMILES string of the molecule is CN(CCc1ccccn1)C(=O)CNc1ncnc2sc3c(c12)CCCC3. The molecule has 1 N–H and O–H groups in total. The Hall–Kier alpha value is -2.54. The standard InChI is InChI=1S/C20H23N5OS/c1-25(11-9-14-6-4-5-10-21-14)17(26)12-22-19-18-15-7-2-3-8-16(15)27-20(18)24-13-23-19/h4-6,10,13H,2-3,7-9,11-12H2,1H3,(H,22,23,24). The van der Waals surface area contributed by atoms with Crippen LogP contribution in [0.5, 0.6) is 0 Å². The average molecular weight is 382 g/mol. The van der Waals surface area contributed by atoms with Gasteiger partial charge in [-0.25, -0.2) is 9.97 Å². The molecule has 3 heterocycles. The van der Waals surface area contributed by atoms with Gasteiger partial charge in [0, 0.05) is 36.8 Å². The summed E-state index contributed by atoms with van der Waals surface area (Å²) in [6.45, 7) is 0.875. The van der Waals surface area contributed by atoms with E-state index >= 15 is 0 Å². The first-order valence-electron chi connectivity index (χ1n) is 9.35. The number of fused-ring (bicyclic) bond motifs is 3. The summed E-state index contributed by atoms with van der Waals surface area (Å²) in [5, 5.41) is 4.36. The zero-order valence-electron chi connectivity index (χ0n) is 15.4. The van der Waals surface area contributed by atoms with Crippen LogP contribution in [0.3, 0.4) is 0 Å². The van der Waals surface area contributed by atoms with Crippen molar-refractivity contribution in [2.24, 2.45) is 0 Å². The maximum absolute atomic E-state index is 12.5. The second kappa shape index (κ2) is 8.00. The van der Waals surface area contributed by atoms with E-state index in [0.717, 1.165) is 41.0 Å². The number of aromatic nitrogens is 3. The highest BCUT2D eigenvalue weighted by Crippen LogP contribution is 2.37. The van der Waals surface area contributed by atoms with E-state index in [1.165, 1.54) is 23.3 Å². The van der Waals surface area contributed by atoms with Gasteiger partial charge < -0.3 is 10.2 Å². The van der Waals surface area contributed by atoms with Crippen LogP contribution in [0.2, 0.25) is 0 Å². The number of thiophene rings is 1. The molecule has 7 heteroatoms. The number of nitrogens with one attached hydrogen (secondary N) is 1. The minimum Gasteiger partial charge on any atom is -0.360 e. The van der Waals surface area contributed by atoms with Gasteiger partial charge >= 0.3 is 0 Å². The number of carbonyl (C=O) groups excluding carboxylic acids is 1. The Kier molecular flexibility index (Phi) is 5.29. The van der Waals surface area contributed by atoms with E-state index in [1.807, 2.05) is 25.2 Å². The summed E-state index contributed by atoms with van der Waals surface area (Å²) < 4.78 is 0. The Labute approximate surface area is 162 Å². The molecule has 0 saturated carbocycles. The zero-order chi connectivity index (χ0) is 18.6. The smallest absolute Gasteiger partial charge is 0.241 e.